The van der Waals surface area contributed by atoms with E-state index in [2.05, 4.69) is 0 Å². The molecule has 2 atom stereocenters. The third kappa shape index (κ3) is 2.60. The summed E-state index contributed by atoms with van der Waals surface area (Å²) in [4.78, 5) is 10.9. The summed E-state index contributed by atoms with van der Waals surface area (Å²) in [5.74, 6) is -0.0169. The topological polar surface area (TPSA) is 57.5 Å². The Hall–Kier alpha value is -0.930. The van der Waals surface area contributed by atoms with Crippen molar-refractivity contribution in [3.8, 4) is 0 Å². The van der Waals surface area contributed by atoms with E-state index in [-0.39, 0.29) is 11.2 Å². The molecule has 2 N–H and O–H groups in total. The second kappa shape index (κ2) is 4.52. The van der Waals surface area contributed by atoms with Crippen molar-refractivity contribution in [3.05, 3.63) is 23.3 Å². The van der Waals surface area contributed by atoms with E-state index in [1.54, 1.807) is 13.0 Å². The molecule has 0 bridgehead atoms. The van der Waals surface area contributed by atoms with Crippen molar-refractivity contribution in [1.29, 1.82) is 0 Å². The summed E-state index contributed by atoms with van der Waals surface area (Å²) >= 11 is 0. The zero-order chi connectivity index (χ0) is 12.5. The molecule has 3 nitrogen and oxygen atoms in total. The van der Waals surface area contributed by atoms with E-state index < -0.39 is 12.2 Å². The standard InChI is InChI=1S/C13H20O3/c1-8(14)5-6-10-9(2)12(16)11(15)7-13(10,3)4/h5-6,11-12,15-16H,7H2,1-4H3/b6-5+. The van der Waals surface area contributed by atoms with E-state index in [1.807, 2.05) is 13.8 Å². The minimum atomic E-state index is -0.820. The molecule has 3 heteroatoms. The van der Waals surface area contributed by atoms with E-state index in [4.69, 9.17) is 0 Å². The van der Waals surface area contributed by atoms with Gasteiger partial charge in [0.2, 0.25) is 0 Å². The number of ketones is 1. The van der Waals surface area contributed by atoms with Crippen molar-refractivity contribution in [2.45, 2.75) is 46.3 Å². The Morgan fingerprint density at radius 2 is 2.00 bits per heavy atom. The molecule has 1 aliphatic carbocycles. The first-order valence-electron chi connectivity index (χ1n) is 5.52. The normalized spacial score (nSPS) is 29.9. The Bertz CT molecular complexity index is 350. The maximum Gasteiger partial charge on any atom is 0.152 e. The maximum atomic E-state index is 10.9. The summed E-state index contributed by atoms with van der Waals surface area (Å²) < 4.78 is 0. The Labute approximate surface area is 96.5 Å². The molecule has 0 saturated heterocycles. The molecule has 1 rings (SSSR count). The van der Waals surface area contributed by atoms with Crippen LogP contribution >= 0.6 is 0 Å². The van der Waals surface area contributed by atoms with Gasteiger partial charge in [-0.3, -0.25) is 4.79 Å². The number of hydrogen-bond acceptors (Lipinski definition) is 3. The summed E-state index contributed by atoms with van der Waals surface area (Å²) in [6.07, 6.45) is 2.23. The van der Waals surface area contributed by atoms with Crippen LogP contribution in [0.5, 0.6) is 0 Å². The van der Waals surface area contributed by atoms with Gasteiger partial charge in [0.1, 0.15) is 6.10 Å². The second-order valence-corrected chi connectivity index (χ2v) is 5.14. The summed E-state index contributed by atoms with van der Waals surface area (Å²) in [7, 11) is 0. The maximum absolute atomic E-state index is 10.9. The molecule has 0 fully saturated rings. The number of aliphatic hydroxyl groups is 2. The number of allylic oxidation sites excluding steroid dienone is 3. The summed E-state index contributed by atoms with van der Waals surface area (Å²) in [5.41, 5.74) is 1.48. The minimum Gasteiger partial charge on any atom is -0.390 e. The number of rotatable bonds is 2. The van der Waals surface area contributed by atoms with Crippen LogP contribution in [0.1, 0.15) is 34.1 Å². The molecule has 0 saturated carbocycles. The van der Waals surface area contributed by atoms with E-state index in [1.165, 1.54) is 13.0 Å². The van der Waals surface area contributed by atoms with Gasteiger partial charge < -0.3 is 10.2 Å². The molecular weight excluding hydrogens is 204 g/mol. The van der Waals surface area contributed by atoms with Gasteiger partial charge in [-0.25, -0.2) is 0 Å². The van der Waals surface area contributed by atoms with Crippen LogP contribution in [0.25, 0.3) is 0 Å². The third-order valence-electron chi connectivity index (χ3n) is 3.17. The second-order valence-electron chi connectivity index (χ2n) is 5.14. The van der Waals surface area contributed by atoms with Gasteiger partial charge >= 0.3 is 0 Å². The summed E-state index contributed by atoms with van der Waals surface area (Å²) in [5, 5.41) is 19.5. The fourth-order valence-electron chi connectivity index (χ4n) is 2.28. The highest BCUT2D eigenvalue weighted by atomic mass is 16.3. The van der Waals surface area contributed by atoms with E-state index in [0.29, 0.717) is 6.42 Å². The Balaban J connectivity index is 3.14. The van der Waals surface area contributed by atoms with Gasteiger partial charge in [-0.15, -0.1) is 0 Å². The quantitative estimate of drug-likeness (QED) is 0.700. The van der Waals surface area contributed by atoms with Crippen LogP contribution in [-0.2, 0) is 4.79 Å². The van der Waals surface area contributed by atoms with Crippen LogP contribution in [0.2, 0.25) is 0 Å². The predicted octanol–water partition coefficient (Wildman–Crippen LogP) is 1.60. The molecule has 0 spiro atoms. The van der Waals surface area contributed by atoms with Gasteiger partial charge in [-0.2, -0.15) is 0 Å². The third-order valence-corrected chi connectivity index (χ3v) is 3.17. The van der Waals surface area contributed by atoms with E-state index in [9.17, 15) is 15.0 Å². The van der Waals surface area contributed by atoms with Crippen molar-refractivity contribution >= 4 is 5.78 Å². The smallest absolute Gasteiger partial charge is 0.152 e. The zero-order valence-electron chi connectivity index (χ0n) is 10.3. The van der Waals surface area contributed by atoms with Crippen LogP contribution in [-0.4, -0.2) is 28.2 Å². The molecule has 0 aromatic carbocycles. The molecule has 0 radical (unpaired) electrons. The van der Waals surface area contributed by atoms with Gasteiger partial charge in [0.15, 0.2) is 5.78 Å². The van der Waals surface area contributed by atoms with Crippen LogP contribution in [0.3, 0.4) is 0 Å². The fraction of sp³-hybridized carbons (Fsp3) is 0.615. The molecule has 16 heavy (non-hydrogen) atoms. The Morgan fingerprint density at radius 3 is 2.50 bits per heavy atom. The lowest BCUT2D eigenvalue weighted by atomic mass is 9.70. The van der Waals surface area contributed by atoms with Crippen LogP contribution in [0.4, 0.5) is 0 Å². The van der Waals surface area contributed by atoms with Gasteiger partial charge in [-0.1, -0.05) is 19.9 Å². The van der Waals surface area contributed by atoms with Crippen LogP contribution in [0, 0.1) is 5.41 Å². The van der Waals surface area contributed by atoms with Crippen molar-refractivity contribution in [3.63, 3.8) is 0 Å². The molecule has 0 aliphatic heterocycles. The molecule has 2 unspecified atom stereocenters. The summed E-state index contributed by atoms with van der Waals surface area (Å²) in [6.45, 7) is 7.30. The Kier molecular flexibility index (Phi) is 3.71. The van der Waals surface area contributed by atoms with Crippen molar-refractivity contribution in [1.82, 2.24) is 0 Å². The van der Waals surface area contributed by atoms with Crippen molar-refractivity contribution in [2.24, 2.45) is 5.41 Å². The first-order chi connectivity index (χ1) is 7.25. The lowest BCUT2D eigenvalue weighted by molar-refractivity contribution is -0.112. The molecule has 0 aromatic heterocycles. The lowest BCUT2D eigenvalue weighted by Gasteiger charge is -2.38. The van der Waals surface area contributed by atoms with Crippen LogP contribution in [0.15, 0.2) is 23.3 Å². The highest BCUT2D eigenvalue weighted by Crippen LogP contribution is 2.40. The van der Waals surface area contributed by atoms with Gasteiger partial charge in [0.05, 0.1) is 6.10 Å². The average molecular weight is 224 g/mol. The lowest BCUT2D eigenvalue weighted by Crippen LogP contribution is -2.39. The Morgan fingerprint density at radius 1 is 1.44 bits per heavy atom. The SMILES string of the molecule is CC(=O)/C=C/C1=C(C)C(O)C(O)CC1(C)C. The molecule has 0 aromatic rings. The molecule has 90 valence electrons. The van der Waals surface area contributed by atoms with E-state index >= 15 is 0 Å². The van der Waals surface area contributed by atoms with E-state index in [0.717, 1.165) is 11.1 Å². The zero-order valence-corrected chi connectivity index (χ0v) is 10.3. The van der Waals surface area contributed by atoms with Gasteiger partial charge in [0.25, 0.3) is 0 Å². The fourth-order valence-corrected chi connectivity index (χ4v) is 2.28. The number of aliphatic hydroxyl groups excluding tert-OH is 2. The number of carbonyl (C=O) groups excluding carboxylic acids is 1. The first kappa shape index (κ1) is 13.1. The molecular formula is C13H20O3. The molecule has 1 aliphatic rings. The van der Waals surface area contributed by atoms with Crippen molar-refractivity contribution < 1.29 is 15.0 Å². The monoisotopic (exact) mass is 224 g/mol. The van der Waals surface area contributed by atoms with Gasteiger partial charge in [0, 0.05) is 0 Å². The highest BCUT2D eigenvalue weighted by molar-refractivity contribution is 5.87. The van der Waals surface area contributed by atoms with Crippen LogP contribution < -0.4 is 0 Å². The van der Waals surface area contributed by atoms with Crippen molar-refractivity contribution in [2.75, 3.05) is 0 Å². The largest absolute Gasteiger partial charge is 0.390 e. The minimum absolute atomic E-state index is 0.0169. The number of hydrogen-bond donors (Lipinski definition) is 2. The summed E-state index contributed by atoms with van der Waals surface area (Å²) in [6, 6.07) is 0. The highest BCUT2D eigenvalue weighted by Gasteiger charge is 2.36. The molecule has 0 amide bonds. The number of carbonyl (C=O) groups is 1. The average Bonchev–Trinajstić information content (AvgIpc) is 2.12. The van der Waals surface area contributed by atoms with Gasteiger partial charge in [-0.05, 0) is 42.9 Å². The first-order valence-corrected chi connectivity index (χ1v) is 5.52. The molecule has 0 heterocycles. The predicted molar refractivity (Wildman–Crippen MR) is 62.9 cm³/mol.